The van der Waals surface area contributed by atoms with Crippen LogP contribution < -0.4 is 5.32 Å². The molecule has 2 N–H and O–H groups in total. The Hall–Kier alpha value is -0.990. The van der Waals surface area contributed by atoms with Crippen LogP contribution in [-0.2, 0) is 4.79 Å². The van der Waals surface area contributed by atoms with Gasteiger partial charge in [0.15, 0.2) is 0 Å². The Morgan fingerprint density at radius 3 is 1.54 bits per heavy atom. The van der Waals surface area contributed by atoms with Crippen LogP contribution in [0.3, 0.4) is 0 Å². The molecule has 0 atom stereocenters. The first-order valence-electron chi connectivity index (χ1n) is 11.3. The van der Waals surface area contributed by atoms with Gasteiger partial charge < -0.3 is 10.4 Å². The summed E-state index contributed by atoms with van der Waals surface area (Å²) in [6.45, 7) is 6.35. The van der Waals surface area contributed by atoms with Gasteiger partial charge in [0.2, 0.25) is 5.91 Å². The SMILES string of the molecule is C=C(O)CCCNC(=O)CCCCCCCCCCCCCCCCC. The minimum Gasteiger partial charge on any atom is -0.513 e. The zero-order valence-electron chi connectivity index (χ0n) is 17.5. The van der Waals surface area contributed by atoms with E-state index in [-0.39, 0.29) is 11.7 Å². The summed E-state index contributed by atoms with van der Waals surface area (Å²) >= 11 is 0. The number of carbonyl (C=O) groups is 1. The van der Waals surface area contributed by atoms with Gasteiger partial charge in [0.1, 0.15) is 0 Å². The highest BCUT2D eigenvalue weighted by Crippen LogP contribution is 2.13. The first kappa shape index (κ1) is 25.0. The average Bonchev–Trinajstić information content (AvgIpc) is 2.62. The molecule has 3 heteroatoms. The summed E-state index contributed by atoms with van der Waals surface area (Å²) in [7, 11) is 0. The molecule has 0 aromatic rings. The lowest BCUT2D eigenvalue weighted by Gasteiger charge is -2.05. The third-order valence-electron chi connectivity index (χ3n) is 4.97. The topological polar surface area (TPSA) is 49.3 Å². The van der Waals surface area contributed by atoms with Crippen molar-refractivity contribution in [3.63, 3.8) is 0 Å². The molecule has 0 aliphatic heterocycles. The summed E-state index contributed by atoms with van der Waals surface area (Å²) in [4.78, 5) is 11.6. The predicted octanol–water partition coefficient (Wildman–Crippen LogP) is 7.22. The van der Waals surface area contributed by atoms with Crippen molar-refractivity contribution in [3.8, 4) is 0 Å². The molecule has 0 spiro atoms. The fraction of sp³-hybridized carbons (Fsp3) is 0.870. The zero-order valence-corrected chi connectivity index (χ0v) is 17.5. The molecule has 0 saturated heterocycles. The van der Waals surface area contributed by atoms with Gasteiger partial charge in [0, 0.05) is 19.4 Å². The number of hydrogen-bond donors (Lipinski definition) is 2. The number of unbranched alkanes of at least 4 members (excludes halogenated alkanes) is 14. The Balaban J connectivity index is 3.12. The van der Waals surface area contributed by atoms with Gasteiger partial charge in [-0.3, -0.25) is 4.79 Å². The molecule has 154 valence electrons. The van der Waals surface area contributed by atoms with Crippen molar-refractivity contribution in [2.45, 2.75) is 122 Å². The van der Waals surface area contributed by atoms with Crippen LogP contribution in [0.1, 0.15) is 122 Å². The van der Waals surface area contributed by atoms with E-state index < -0.39 is 0 Å². The van der Waals surface area contributed by atoms with Crippen LogP contribution in [-0.4, -0.2) is 17.6 Å². The van der Waals surface area contributed by atoms with Crippen LogP contribution >= 0.6 is 0 Å². The largest absolute Gasteiger partial charge is 0.513 e. The van der Waals surface area contributed by atoms with Gasteiger partial charge in [-0.05, 0) is 12.8 Å². The quantitative estimate of drug-likeness (QED) is 0.176. The molecule has 0 aliphatic rings. The summed E-state index contributed by atoms with van der Waals surface area (Å²) in [5.74, 6) is 0.338. The van der Waals surface area contributed by atoms with E-state index in [1.54, 1.807) is 0 Å². The Morgan fingerprint density at radius 1 is 0.692 bits per heavy atom. The minimum absolute atomic E-state index is 0.142. The van der Waals surface area contributed by atoms with E-state index in [9.17, 15) is 4.79 Å². The summed E-state index contributed by atoms with van der Waals surface area (Å²) in [5.41, 5.74) is 0. The highest BCUT2D eigenvalue weighted by atomic mass is 16.3. The number of carbonyl (C=O) groups excluding carboxylic acids is 1. The maximum Gasteiger partial charge on any atom is 0.219 e. The molecule has 0 unspecified atom stereocenters. The van der Waals surface area contributed by atoms with Gasteiger partial charge in [-0.15, -0.1) is 0 Å². The fourth-order valence-electron chi connectivity index (χ4n) is 3.27. The van der Waals surface area contributed by atoms with E-state index in [4.69, 9.17) is 5.11 Å². The number of aliphatic hydroxyl groups excluding tert-OH is 1. The Labute approximate surface area is 163 Å². The molecule has 0 heterocycles. The summed E-state index contributed by atoms with van der Waals surface area (Å²) in [6, 6.07) is 0. The second kappa shape index (κ2) is 20.3. The molecule has 0 aromatic heterocycles. The van der Waals surface area contributed by atoms with Crippen LogP contribution in [0.4, 0.5) is 0 Å². The summed E-state index contributed by atoms with van der Waals surface area (Å²) in [6.07, 6.45) is 22.2. The monoisotopic (exact) mass is 367 g/mol. The molecule has 3 nitrogen and oxygen atoms in total. The van der Waals surface area contributed by atoms with Crippen LogP contribution in [0.15, 0.2) is 12.3 Å². The maximum atomic E-state index is 11.6. The van der Waals surface area contributed by atoms with Crippen molar-refractivity contribution in [1.82, 2.24) is 5.32 Å². The van der Waals surface area contributed by atoms with Crippen molar-refractivity contribution in [1.29, 1.82) is 0 Å². The predicted molar refractivity (Wildman–Crippen MR) is 114 cm³/mol. The van der Waals surface area contributed by atoms with Crippen LogP contribution in [0.2, 0.25) is 0 Å². The highest BCUT2D eigenvalue weighted by Gasteiger charge is 2.01. The average molecular weight is 368 g/mol. The Bertz CT molecular complexity index is 328. The Morgan fingerprint density at radius 2 is 1.12 bits per heavy atom. The van der Waals surface area contributed by atoms with Gasteiger partial charge in [0.25, 0.3) is 0 Å². The molecule has 0 rings (SSSR count). The van der Waals surface area contributed by atoms with Crippen molar-refractivity contribution in [3.05, 3.63) is 12.3 Å². The molecular formula is C23H45NO2. The van der Waals surface area contributed by atoms with Crippen molar-refractivity contribution < 1.29 is 9.90 Å². The number of hydrogen-bond acceptors (Lipinski definition) is 2. The van der Waals surface area contributed by atoms with Crippen LogP contribution in [0.25, 0.3) is 0 Å². The minimum atomic E-state index is 0.142. The molecule has 0 bridgehead atoms. The number of rotatable bonds is 20. The Kier molecular flexibility index (Phi) is 19.5. The molecule has 0 aliphatic carbocycles. The highest BCUT2D eigenvalue weighted by molar-refractivity contribution is 5.75. The number of allylic oxidation sites excluding steroid dienone is 1. The molecular weight excluding hydrogens is 322 g/mol. The summed E-state index contributed by atoms with van der Waals surface area (Å²) in [5, 5.41) is 11.9. The standard InChI is InChI=1S/C23H45NO2/c1-3-4-5-6-7-8-9-10-11-12-13-14-15-16-17-20-23(26)24-21-18-19-22(2)25/h25H,2-21H2,1H3,(H,24,26). The molecule has 0 aromatic carbocycles. The van der Waals surface area contributed by atoms with Crippen LogP contribution in [0, 0.1) is 0 Å². The van der Waals surface area contributed by atoms with Crippen LogP contribution in [0.5, 0.6) is 0 Å². The van der Waals surface area contributed by atoms with E-state index in [1.165, 1.54) is 89.9 Å². The van der Waals surface area contributed by atoms with Crippen molar-refractivity contribution >= 4 is 5.91 Å². The number of nitrogens with one attached hydrogen (secondary N) is 1. The smallest absolute Gasteiger partial charge is 0.219 e. The molecule has 0 radical (unpaired) electrons. The lowest BCUT2D eigenvalue weighted by molar-refractivity contribution is -0.121. The van der Waals surface area contributed by atoms with Gasteiger partial charge in [-0.2, -0.15) is 0 Å². The first-order valence-corrected chi connectivity index (χ1v) is 11.3. The van der Waals surface area contributed by atoms with Gasteiger partial charge >= 0.3 is 0 Å². The van der Waals surface area contributed by atoms with Gasteiger partial charge in [0.05, 0.1) is 5.76 Å². The second-order valence-electron chi connectivity index (χ2n) is 7.72. The van der Waals surface area contributed by atoms with Crippen molar-refractivity contribution in [2.75, 3.05) is 6.54 Å². The molecule has 26 heavy (non-hydrogen) atoms. The zero-order chi connectivity index (χ0) is 19.3. The molecule has 1 amide bonds. The first-order chi connectivity index (χ1) is 12.7. The second-order valence-corrected chi connectivity index (χ2v) is 7.72. The number of aliphatic hydroxyl groups is 1. The summed E-state index contributed by atoms with van der Waals surface area (Å²) < 4.78 is 0. The maximum absolute atomic E-state index is 11.6. The van der Waals surface area contributed by atoms with E-state index in [0.29, 0.717) is 19.4 Å². The van der Waals surface area contributed by atoms with Crippen molar-refractivity contribution in [2.24, 2.45) is 0 Å². The van der Waals surface area contributed by atoms with E-state index in [2.05, 4.69) is 18.8 Å². The van der Waals surface area contributed by atoms with Gasteiger partial charge in [-0.1, -0.05) is 103 Å². The van der Waals surface area contributed by atoms with Gasteiger partial charge in [-0.25, -0.2) is 0 Å². The molecule has 0 fully saturated rings. The van der Waals surface area contributed by atoms with E-state index in [1.807, 2.05) is 0 Å². The third-order valence-corrected chi connectivity index (χ3v) is 4.97. The number of amides is 1. The third kappa shape index (κ3) is 21.1. The van der Waals surface area contributed by atoms with E-state index in [0.717, 1.165) is 12.8 Å². The lowest BCUT2D eigenvalue weighted by atomic mass is 10.0. The lowest BCUT2D eigenvalue weighted by Crippen LogP contribution is -2.24. The fourth-order valence-corrected chi connectivity index (χ4v) is 3.27. The molecule has 0 saturated carbocycles. The van der Waals surface area contributed by atoms with E-state index >= 15 is 0 Å². The normalized spacial score (nSPS) is 10.8.